The van der Waals surface area contributed by atoms with E-state index in [1.807, 2.05) is 36.3 Å². The lowest BCUT2D eigenvalue weighted by molar-refractivity contribution is -0.132. The fraction of sp³-hybridized carbons (Fsp3) is 0.458. The van der Waals surface area contributed by atoms with E-state index in [1.54, 1.807) is 34.1 Å². The van der Waals surface area contributed by atoms with Crippen molar-refractivity contribution in [1.82, 2.24) is 14.5 Å². The molecule has 1 unspecified atom stereocenters. The van der Waals surface area contributed by atoms with Gasteiger partial charge in [0.1, 0.15) is 5.82 Å². The molecule has 0 aliphatic heterocycles. The highest BCUT2D eigenvalue weighted by molar-refractivity contribution is 7.10. The van der Waals surface area contributed by atoms with E-state index in [0.717, 1.165) is 30.6 Å². The summed E-state index contributed by atoms with van der Waals surface area (Å²) in [7, 11) is 0. The Labute approximate surface area is 192 Å². The lowest BCUT2D eigenvalue weighted by Crippen LogP contribution is -2.39. The summed E-state index contributed by atoms with van der Waals surface area (Å²) in [5, 5.41) is 3.07. The second-order valence-electron chi connectivity index (χ2n) is 7.76. The van der Waals surface area contributed by atoms with Crippen molar-refractivity contribution in [2.75, 3.05) is 6.54 Å². The summed E-state index contributed by atoms with van der Waals surface area (Å²) in [5.41, 5.74) is 0.475. The number of hydrogen-bond acceptors (Lipinski definition) is 4. The molecule has 1 aromatic carbocycles. The molecule has 166 valence electrons. The number of amides is 1. The lowest BCUT2D eigenvalue weighted by Gasteiger charge is -2.30. The number of carbonyl (C=O) groups excluding carboxylic acids is 1. The van der Waals surface area contributed by atoms with Crippen LogP contribution in [0, 0.1) is 0 Å². The van der Waals surface area contributed by atoms with Crippen molar-refractivity contribution in [3.05, 3.63) is 61.8 Å². The molecule has 7 heteroatoms. The number of aromatic nitrogens is 2. The third kappa shape index (κ3) is 5.55. The minimum absolute atomic E-state index is 0.0644. The molecule has 2 aromatic heterocycles. The first-order valence-corrected chi connectivity index (χ1v) is 12.2. The first-order chi connectivity index (χ1) is 15.0. The highest BCUT2D eigenvalue weighted by Gasteiger charge is 2.26. The molecule has 0 saturated carbocycles. The van der Waals surface area contributed by atoms with Gasteiger partial charge in [-0.25, -0.2) is 4.98 Å². The van der Waals surface area contributed by atoms with Gasteiger partial charge < -0.3 is 4.90 Å². The van der Waals surface area contributed by atoms with Crippen LogP contribution in [0.15, 0.2) is 40.5 Å². The highest BCUT2D eigenvalue weighted by Crippen LogP contribution is 2.24. The van der Waals surface area contributed by atoms with Crippen LogP contribution in [0.2, 0.25) is 5.02 Å². The van der Waals surface area contributed by atoms with Gasteiger partial charge in [0, 0.05) is 23.0 Å². The summed E-state index contributed by atoms with van der Waals surface area (Å²) in [6, 6.07) is 8.78. The van der Waals surface area contributed by atoms with Crippen LogP contribution in [0.3, 0.4) is 0 Å². The molecule has 1 amide bonds. The summed E-state index contributed by atoms with van der Waals surface area (Å²) < 4.78 is 1.68. The van der Waals surface area contributed by atoms with Gasteiger partial charge in [0.05, 0.1) is 23.4 Å². The van der Waals surface area contributed by atoms with Crippen molar-refractivity contribution in [2.24, 2.45) is 0 Å². The van der Waals surface area contributed by atoms with Gasteiger partial charge in [0.2, 0.25) is 5.91 Å². The van der Waals surface area contributed by atoms with Crippen LogP contribution < -0.4 is 5.56 Å². The quantitative estimate of drug-likeness (QED) is 0.357. The Balaban J connectivity index is 1.98. The van der Waals surface area contributed by atoms with E-state index in [0.29, 0.717) is 41.3 Å². The predicted molar refractivity (Wildman–Crippen MR) is 129 cm³/mol. The van der Waals surface area contributed by atoms with Crippen LogP contribution in [0.5, 0.6) is 0 Å². The summed E-state index contributed by atoms with van der Waals surface area (Å²) >= 11 is 7.74. The van der Waals surface area contributed by atoms with Gasteiger partial charge in [-0.1, -0.05) is 43.9 Å². The number of carbonyl (C=O) groups is 1. The summed E-state index contributed by atoms with van der Waals surface area (Å²) in [6.45, 7) is 7.22. The van der Waals surface area contributed by atoms with Crippen molar-refractivity contribution < 1.29 is 4.79 Å². The first kappa shape index (κ1) is 23.5. The van der Waals surface area contributed by atoms with Gasteiger partial charge in [-0.3, -0.25) is 14.2 Å². The number of fused-ring (bicyclic) bond motifs is 1. The lowest BCUT2D eigenvalue weighted by atomic mass is 10.1. The SMILES string of the molecule is CCCCCCN(C(=O)Cc1cccs1)C(C)c1nc2cc(Cl)ccc2c(=O)n1CC. The van der Waals surface area contributed by atoms with Crippen molar-refractivity contribution in [3.63, 3.8) is 0 Å². The Morgan fingerprint density at radius 3 is 2.71 bits per heavy atom. The molecular weight excluding hydrogens is 430 g/mol. The second kappa shape index (κ2) is 10.9. The molecule has 0 saturated heterocycles. The molecule has 3 aromatic rings. The van der Waals surface area contributed by atoms with Gasteiger partial charge in [-0.05, 0) is 49.9 Å². The molecule has 0 aliphatic carbocycles. The normalized spacial score (nSPS) is 12.3. The maximum Gasteiger partial charge on any atom is 0.261 e. The second-order valence-corrected chi connectivity index (χ2v) is 9.23. The molecule has 0 radical (unpaired) electrons. The fourth-order valence-electron chi connectivity index (χ4n) is 3.88. The Kier molecular flexibility index (Phi) is 8.27. The van der Waals surface area contributed by atoms with Crippen LogP contribution in [-0.2, 0) is 17.8 Å². The standard InChI is InChI=1S/C24H30ClN3O2S/c1-4-6-7-8-13-28(22(29)16-19-10-9-14-31-19)17(3)23-26-21-15-18(25)11-12-20(21)24(30)27(23)5-2/h9-12,14-15,17H,4-8,13,16H2,1-3H3. The molecule has 0 N–H and O–H groups in total. The van der Waals surface area contributed by atoms with Crippen molar-refractivity contribution in [2.45, 2.75) is 65.5 Å². The van der Waals surface area contributed by atoms with E-state index < -0.39 is 0 Å². The van der Waals surface area contributed by atoms with Gasteiger partial charge in [0.25, 0.3) is 5.56 Å². The van der Waals surface area contributed by atoms with Crippen LogP contribution >= 0.6 is 22.9 Å². The fourth-order valence-corrected chi connectivity index (χ4v) is 4.74. The minimum atomic E-state index is -0.315. The van der Waals surface area contributed by atoms with E-state index in [-0.39, 0.29) is 17.5 Å². The predicted octanol–water partition coefficient (Wildman–Crippen LogP) is 5.84. The van der Waals surface area contributed by atoms with Crippen molar-refractivity contribution in [3.8, 4) is 0 Å². The molecule has 31 heavy (non-hydrogen) atoms. The Hall–Kier alpha value is -2.18. The van der Waals surface area contributed by atoms with Gasteiger partial charge >= 0.3 is 0 Å². The van der Waals surface area contributed by atoms with Crippen molar-refractivity contribution in [1.29, 1.82) is 0 Å². The number of unbranched alkanes of at least 4 members (excludes halogenated alkanes) is 3. The number of thiophene rings is 1. The molecule has 1 atom stereocenters. The topological polar surface area (TPSA) is 55.2 Å². The van der Waals surface area contributed by atoms with Gasteiger partial charge in [-0.15, -0.1) is 11.3 Å². The van der Waals surface area contributed by atoms with Gasteiger partial charge in [0.15, 0.2) is 0 Å². The minimum Gasteiger partial charge on any atom is -0.332 e. The number of halogens is 1. The molecule has 3 rings (SSSR count). The smallest absolute Gasteiger partial charge is 0.261 e. The molecule has 0 aliphatic rings. The van der Waals surface area contributed by atoms with Crippen LogP contribution in [0.25, 0.3) is 10.9 Å². The average molecular weight is 460 g/mol. The molecular formula is C24H30ClN3O2S. The van der Waals surface area contributed by atoms with Crippen LogP contribution in [-0.4, -0.2) is 26.9 Å². The van der Waals surface area contributed by atoms with Gasteiger partial charge in [-0.2, -0.15) is 0 Å². The maximum absolute atomic E-state index is 13.3. The van der Waals surface area contributed by atoms with Crippen molar-refractivity contribution >= 4 is 39.7 Å². The summed E-state index contributed by atoms with van der Waals surface area (Å²) in [5.74, 6) is 0.673. The molecule has 0 fully saturated rings. The molecule has 2 heterocycles. The maximum atomic E-state index is 13.3. The molecule has 0 bridgehead atoms. The number of benzene rings is 1. The number of hydrogen-bond donors (Lipinski definition) is 0. The zero-order valence-corrected chi connectivity index (χ0v) is 20.0. The highest BCUT2D eigenvalue weighted by atomic mass is 35.5. The van der Waals surface area contributed by atoms with E-state index in [1.165, 1.54) is 0 Å². The number of rotatable bonds is 10. The Morgan fingerprint density at radius 1 is 1.23 bits per heavy atom. The Morgan fingerprint density at radius 2 is 2.03 bits per heavy atom. The monoisotopic (exact) mass is 459 g/mol. The van der Waals surface area contributed by atoms with E-state index in [4.69, 9.17) is 16.6 Å². The zero-order valence-electron chi connectivity index (χ0n) is 18.4. The van der Waals surface area contributed by atoms with Crippen LogP contribution in [0.1, 0.15) is 63.2 Å². The third-order valence-electron chi connectivity index (χ3n) is 5.58. The van der Waals surface area contributed by atoms with Crippen LogP contribution in [0.4, 0.5) is 0 Å². The van der Waals surface area contributed by atoms with E-state index >= 15 is 0 Å². The summed E-state index contributed by atoms with van der Waals surface area (Å²) in [4.78, 5) is 34.1. The van der Waals surface area contributed by atoms with E-state index in [2.05, 4.69) is 6.92 Å². The zero-order chi connectivity index (χ0) is 22.4. The molecule has 5 nitrogen and oxygen atoms in total. The third-order valence-corrected chi connectivity index (χ3v) is 6.69. The average Bonchev–Trinajstić information content (AvgIpc) is 3.26. The first-order valence-electron chi connectivity index (χ1n) is 11.0. The largest absolute Gasteiger partial charge is 0.332 e. The summed E-state index contributed by atoms with van der Waals surface area (Å²) in [6.07, 6.45) is 4.66. The number of nitrogens with zero attached hydrogens (tertiary/aromatic N) is 3. The Bertz CT molecular complexity index is 1080. The molecule has 0 spiro atoms. The van der Waals surface area contributed by atoms with E-state index in [9.17, 15) is 9.59 Å².